The van der Waals surface area contributed by atoms with E-state index in [1.807, 2.05) is 24.3 Å². The maximum absolute atomic E-state index is 12.4. The minimum absolute atomic E-state index is 0.0917. The Balaban J connectivity index is 2.11. The van der Waals surface area contributed by atoms with Crippen LogP contribution >= 0.6 is 0 Å². The highest BCUT2D eigenvalue weighted by molar-refractivity contribution is 5.96. The highest BCUT2D eigenvalue weighted by atomic mass is 16.5. The van der Waals surface area contributed by atoms with Crippen LogP contribution in [-0.4, -0.2) is 37.2 Å². The lowest BCUT2D eigenvalue weighted by Gasteiger charge is -2.18. The first-order valence-electron chi connectivity index (χ1n) is 6.80. The van der Waals surface area contributed by atoms with Gasteiger partial charge in [-0.3, -0.25) is 4.79 Å². The van der Waals surface area contributed by atoms with Crippen LogP contribution in [0.4, 0.5) is 0 Å². The molecule has 2 aromatic rings. The van der Waals surface area contributed by atoms with Crippen LogP contribution in [0, 0.1) is 0 Å². The summed E-state index contributed by atoms with van der Waals surface area (Å²) in [5.41, 5.74) is 1.22. The Morgan fingerprint density at radius 1 is 1.05 bits per heavy atom. The van der Waals surface area contributed by atoms with Crippen molar-refractivity contribution in [2.45, 2.75) is 6.54 Å². The van der Waals surface area contributed by atoms with Crippen molar-refractivity contribution < 1.29 is 19.4 Å². The molecule has 1 amide bonds. The molecule has 5 heteroatoms. The predicted molar refractivity (Wildman–Crippen MR) is 83.5 cm³/mol. The lowest BCUT2D eigenvalue weighted by molar-refractivity contribution is 0.0782. The van der Waals surface area contributed by atoms with Crippen molar-refractivity contribution in [1.82, 2.24) is 4.90 Å². The van der Waals surface area contributed by atoms with E-state index in [1.165, 1.54) is 13.2 Å². The van der Waals surface area contributed by atoms with Gasteiger partial charge in [0.1, 0.15) is 17.2 Å². The predicted octanol–water partition coefficient (Wildman–Crippen LogP) is 2.68. The third-order valence-electron chi connectivity index (χ3n) is 3.36. The third-order valence-corrected chi connectivity index (χ3v) is 3.36. The van der Waals surface area contributed by atoms with E-state index in [0.29, 0.717) is 12.3 Å². The first-order chi connectivity index (χ1) is 10.5. The van der Waals surface area contributed by atoms with E-state index in [9.17, 15) is 9.90 Å². The van der Waals surface area contributed by atoms with Crippen LogP contribution < -0.4 is 9.47 Å². The number of phenolic OH excluding ortho intramolecular Hbond substituents is 1. The van der Waals surface area contributed by atoms with Crippen molar-refractivity contribution in [2.75, 3.05) is 21.3 Å². The summed E-state index contributed by atoms with van der Waals surface area (Å²) >= 11 is 0. The number of rotatable bonds is 5. The normalized spacial score (nSPS) is 10.1. The standard InChI is InChI=1S/C17H19NO4/c1-18(11-12-4-6-13(21-2)7-5-12)17(20)15-9-8-14(22-3)10-16(15)19/h4-10,19H,11H2,1-3H3. The number of nitrogens with zero attached hydrogens (tertiary/aromatic N) is 1. The van der Waals surface area contributed by atoms with Crippen LogP contribution in [0.2, 0.25) is 0 Å². The summed E-state index contributed by atoms with van der Waals surface area (Å²) in [7, 11) is 4.80. The van der Waals surface area contributed by atoms with Crippen molar-refractivity contribution in [3.63, 3.8) is 0 Å². The Hall–Kier alpha value is -2.69. The fourth-order valence-corrected chi connectivity index (χ4v) is 2.10. The SMILES string of the molecule is COc1ccc(CN(C)C(=O)c2ccc(OC)cc2O)cc1. The van der Waals surface area contributed by atoms with E-state index in [1.54, 1.807) is 31.2 Å². The molecule has 22 heavy (non-hydrogen) atoms. The molecular weight excluding hydrogens is 282 g/mol. The Morgan fingerprint density at radius 2 is 1.64 bits per heavy atom. The molecule has 0 saturated heterocycles. The van der Waals surface area contributed by atoms with Crippen LogP contribution in [0.5, 0.6) is 17.2 Å². The first kappa shape index (κ1) is 15.7. The molecule has 2 aromatic carbocycles. The number of ether oxygens (including phenoxy) is 2. The van der Waals surface area contributed by atoms with Gasteiger partial charge in [0.2, 0.25) is 0 Å². The quantitative estimate of drug-likeness (QED) is 0.922. The molecule has 116 valence electrons. The number of phenols is 1. The number of amides is 1. The molecular formula is C17H19NO4. The highest BCUT2D eigenvalue weighted by Gasteiger charge is 2.16. The Bertz CT molecular complexity index is 652. The molecule has 0 unspecified atom stereocenters. The van der Waals surface area contributed by atoms with Gasteiger partial charge in [0.05, 0.1) is 19.8 Å². The molecule has 0 aliphatic carbocycles. The molecule has 0 spiro atoms. The minimum Gasteiger partial charge on any atom is -0.507 e. The van der Waals surface area contributed by atoms with Gasteiger partial charge in [-0.15, -0.1) is 0 Å². The highest BCUT2D eigenvalue weighted by Crippen LogP contribution is 2.25. The third kappa shape index (κ3) is 3.49. The summed E-state index contributed by atoms with van der Waals surface area (Å²) in [4.78, 5) is 13.9. The molecule has 0 radical (unpaired) electrons. The molecule has 0 aliphatic rings. The fraction of sp³-hybridized carbons (Fsp3) is 0.235. The lowest BCUT2D eigenvalue weighted by atomic mass is 10.1. The molecule has 0 aliphatic heterocycles. The van der Waals surface area contributed by atoms with Gasteiger partial charge in [-0.1, -0.05) is 12.1 Å². The Labute approximate surface area is 129 Å². The zero-order valence-electron chi connectivity index (χ0n) is 12.9. The van der Waals surface area contributed by atoms with E-state index in [4.69, 9.17) is 9.47 Å². The summed E-state index contributed by atoms with van der Waals surface area (Å²) in [6.07, 6.45) is 0. The molecule has 5 nitrogen and oxygen atoms in total. The van der Waals surface area contributed by atoms with Crippen molar-refractivity contribution in [3.8, 4) is 17.2 Å². The second-order valence-corrected chi connectivity index (χ2v) is 4.89. The number of aromatic hydroxyl groups is 1. The number of hydrogen-bond acceptors (Lipinski definition) is 4. The van der Waals surface area contributed by atoms with Crippen molar-refractivity contribution in [3.05, 3.63) is 53.6 Å². The van der Waals surface area contributed by atoms with E-state index in [0.717, 1.165) is 11.3 Å². The van der Waals surface area contributed by atoms with E-state index in [-0.39, 0.29) is 17.2 Å². The lowest BCUT2D eigenvalue weighted by Crippen LogP contribution is -2.26. The summed E-state index contributed by atoms with van der Waals surface area (Å²) in [6.45, 7) is 0.439. The van der Waals surface area contributed by atoms with Crippen molar-refractivity contribution in [1.29, 1.82) is 0 Å². The zero-order chi connectivity index (χ0) is 16.1. The number of hydrogen-bond donors (Lipinski definition) is 1. The summed E-state index contributed by atoms with van der Waals surface area (Å²) in [6, 6.07) is 12.1. The van der Waals surface area contributed by atoms with Gasteiger partial charge in [0.15, 0.2) is 0 Å². The van der Waals surface area contributed by atoms with E-state index in [2.05, 4.69) is 0 Å². The number of benzene rings is 2. The molecule has 0 atom stereocenters. The average molecular weight is 301 g/mol. The second kappa shape index (κ2) is 6.85. The molecule has 0 bridgehead atoms. The van der Waals surface area contributed by atoms with Gasteiger partial charge in [-0.25, -0.2) is 0 Å². The van der Waals surface area contributed by atoms with E-state index < -0.39 is 0 Å². The van der Waals surface area contributed by atoms with Gasteiger partial charge in [0.25, 0.3) is 5.91 Å². The van der Waals surface area contributed by atoms with Crippen LogP contribution in [-0.2, 0) is 6.54 Å². The summed E-state index contributed by atoms with van der Waals surface area (Å²) < 4.78 is 10.1. The monoisotopic (exact) mass is 301 g/mol. The Morgan fingerprint density at radius 3 is 2.18 bits per heavy atom. The average Bonchev–Trinajstić information content (AvgIpc) is 2.54. The summed E-state index contributed by atoms with van der Waals surface area (Å²) in [5.74, 6) is 0.930. The van der Waals surface area contributed by atoms with Crippen LogP contribution in [0.25, 0.3) is 0 Å². The van der Waals surface area contributed by atoms with Crippen LogP contribution in [0.3, 0.4) is 0 Å². The maximum Gasteiger partial charge on any atom is 0.257 e. The van der Waals surface area contributed by atoms with Crippen molar-refractivity contribution in [2.24, 2.45) is 0 Å². The molecule has 1 N–H and O–H groups in total. The summed E-state index contributed by atoms with van der Waals surface area (Å²) in [5, 5.41) is 9.93. The van der Waals surface area contributed by atoms with Gasteiger partial charge in [-0.05, 0) is 29.8 Å². The Kier molecular flexibility index (Phi) is 4.88. The van der Waals surface area contributed by atoms with Gasteiger partial charge in [0, 0.05) is 19.7 Å². The van der Waals surface area contributed by atoms with Crippen LogP contribution in [0.15, 0.2) is 42.5 Å². The topological polar surface area (TPSA) is 59.0 Å². The zero-order valence-corrected chi connectivity index (χ0v) is 12.9. The molecule has 0 heterocycles. The largest absolute Gasteiger partial charge is 0.507 e. The molecule has 0 saturated carbocycles. The number of carbonyl (C=O) groups excluding carboxylic acids is 1. The number of methoxy groups -OCH3 is 2. The molecule has 0 aromatic heterocycles. The van der Waals surface area contributed by atoms with Crippen LogP contribution in [0.1, 0.15) is 15.9 Å². The molecule has 0 fully saturated rings. The second-order valence-electron chi connectivity index (χ2n) is 4.89. The number of carbonyl (C=O) groups is 1. The van der Waals surface area contributed by atoms with E-state index >= 15 is 0 Å². The maximum atomic E-state index is 12.4. The smallest absolute Gasteiger partial charge is 0.257 e. The van der Waals surface area contributed by atoms with Gasteiger partial charge < -0.3 is 19.5 Å². The van der Waals surface area contributed by atoms with Gasteiger partial charge >= 0.3 is 0 Å². The molecule has 2 rings (SSSR count). The fourth-order valence-electron chi connectivity index (χ4n) is 2.10. The first-order valence-corrected chi connectivity index (χ1v) is 6.80. The van der Waals surface area contributed by atoms with Gasteiger partial charge in [-0.2, -0.15) is 0 Å². The van der Waals surface area contributed by atoms with Crippen molar-refractivity contribution >= 4 is 5.91 Å². The minimum atomic E-state index is -0.254.